The fraction of sp³-hybridized carbons (Fsp3) is 0.400. The average Bonchev–Trinajstić information content (AvgIpc) is 4.05. The van der Waals surface area contributed by atoms with Gasteiger partial charge in [-0.2, -0.15) is 20.7 Å². The SMILES string of the molecule is CC(NC(=O)c1c[nH]c2ncc(-c3nn(C)c4cc(F)ccc34)nc12)C1CC(C#N)C1.CC(NC(=O)c1cn(COCC[Si](C)(C)C)c2ncc(-c3nn(C)c4cc(F)ccc34)nc12)C1CC(C#N)C1. The van der Waals surface area contributed by atoms with Crippen molar-refractivity contribution in [1.82, 2.24) is 59.7 Å². The third kappa shape index (κ3) is 9.61. The Morgan fingerprint density at radius 1 is 0.800 bits per heavy atom. The third-order valence-corrected chi connectivity index (χ3v) is 15.3. The number of halogens is 2. The zero-order chi connectivity index (χ0) is 49.6. The molecule has 8 aromatic rings. The fourth-order valence-corrected chi connectivity index (χ4v) is 9.90. The molecule has 2 atom stereocenters. The van der Waals surface area contributed by atoms with Crippen LogP contribution in [0.5, 0.6) is 0 Å². The molecule has 0 radical (unpaired) electrons. The molecule has 0 saturated heterocycles. The molecular formula is C50H54F2N14O3Si. The van der Waals surface area contributed by atoms with Gasteiger partial charge in [-0.1, -0.05) is 19.6 Å². The van der Waals surface area contributed by atoms with Crippen molar-refractivity contribution < 1.29 is 23.1 Å². The van der Waals surface area contributed by atoms with Crippen LogP contribution in [0.1, 0.15) is 60.2 Å². The number of amides is 2. The summed E-state index contributed by atoms with van der Waals surface area (Å²) < 4.78 is 38.5. The molecule has 2 unspecified atom stereocenters. The predicted molar refractivity (Wildman–Crippen MR) is 262 cm³/mol. The Morgan fingerprint density at radius 3 is 1.84 bits per heavy atom. The summed E-state index contributed by atoms with van der Waals surface area (Å²) in [4.78, 5) is 48.0. The van der Waals surface area contributed by atoms with Gasteiger partial charge >= 0.3 is 0 Å². The van der Waals surface area contributed by atoms with E-state index in [0.717, 1.165) is 42.5 Å². The minimum Gasteiger partial charge on any atom is -0.361 e. The molecule has 10 rings (SSSR count). The number of H-pyrrole nitrogens is 1. The quantitative estimate of drug-likeness (QED) is 0.0735. The maximum atomic E-state index is 13.9. The van der Waals surface area contributed by atoms with Crippen molar-refractivity contribution >= 4 is 64.0 Å². The molecule has 20 heteroatoms. The summed E-state index contributed by atoms with van der Waals surface area (Å²) >= 11 is 0. The van der Waals surface area contributed by atoms with Gasteiger partial charge in [-0.05, 0) is 93.8 Å². The number of nitriles is 2. The second kappa shape index (κ2) is 19.2. The third-order valence-electron chi connectivity index (χ3n) is 13.6. The number of fused-ring (bicyclic) bond motifs is 4. The lowest BCUT2D eigenvalue weighted by atomic mass is 9.72. The van der Waals surface area contributed by atoms with Crippen molar-refractivity contribution in [2.75, 3.05) is 6.61 Å². The van der Waals surface area contributed by atoms with Crippen molar-refractivity contribution in [3.05, 3.63) is 83.9 Å². The summed E-state index contributed by atoms with van der Waals surface area (Å²) in [6.07, 6.45) is 9.77. The van der Waals surface area contributed by atoms with Crippen LogP contribution in [0.15, 0.2) is 61.2 Å². The summed E-state index contributed by atoms with van der Waals surface area (Å²) in [5, 5.41) is 34.8. The summed E-state index contributed by atoms with van der Waals surface area (Å²) in [6.45, 7) is 11.7. The highest BCUT2D eigenvalue weighted by Gasteiger charge is 2.35. The smallest absolute Gasteiger partial charge is 0.255 e. The molecular weight excluding hydrogens is 911 g/mol. The van der Waals surface area contributed by atoms with Crippen molar-refractivity contribution in [3.8, 4) is 34.9 Å². The summed E-state index contributed by atoms with van der Waals surface area (Å²) in [5.74, 6) is -0.418. The number of nitrogens with zero attached hydrogens (tertiary/aromatic N) is 11. The van der Waals surface area contributed by atoms with Crippen LogP contribution in [-0.2, 0) is 25.6 Å². The number of rotatable bonds is 13. The molecule has 0 bridgehead atoms. The Morgan fingerprint density at radius 2 is 1.31 bits per heavy atom. The molecule has 2 saturated carbocycles. The van der Waals surface area contributed by atoms with Crippen molar-refractivity contribution in [2.45, 2.75) is 84.0 Å². The molecule has 70 heavy (non-hydrogen) atoms. The van der Waals surface area contributed by atoms with E-state index in [1.807, 2.05) is 18.4 Å². The van der Waals surface area contributed by atoms with Crippen LogP contribution in [0, 0.1) is 58.0 Å². The van der Waals surface area contributed by atoms with E-state index in [1.54, 1.807) is 60.4 Å². The van der Waals surface area contributed by atoms with E-state index in [1.165, 1.54) is 24.3 Å². The van der Waals surface area contributed by atoms with Crippen LogP contribution in [0.4, 0.5) is 8.78 Å². The molecule has 17 nitrogen and oxygen atoms in total. The van der Waals surface area contributed by atoms with Gasteiger partial charge in [0.05, 0.1) is 46.7 Å². The van der Waals surface area contributed by atoms with E-state index in [4.69, 9.17) is 20.2 Å². The predicted octanol–water partition coefficient (Wildman–Crippen LogP) is 8.42. The first-order valence-corrected chi connectivity index (χ1v) is 27.1. The number of aromatic amines is 1. The van der Waals surface area contributed by atoms with Gasteiger partial charge in [0.2, 0.25) is 0 Å². The van der Waals surface area contributed by atoms with E-state index in [-0.39, 0.29) is 60.0 Å². The van der Waals surface area contributed by atoms with Crippen molar-refractivity contribution in [1.29, 1.82) is 10.5 Å². The Hall–Kier alpha value is -7.42. The van der Waals surface area contributed by atoms with Gasteiger partial charge in [-0.25, -0.2) is 28.7 Å². The molecule has 3 N–H and O–H groups in total. The largest absolute Gasteiger partial charge is 0.361 e. The summed E-state index contributed by atoms with van der Waals surface area (Å²) in [6, 6.07) is 14.5. The molecule has 0 aliphatic heterocycles. The maximum Gasteiger partial charge on any atom is 0.255 e. The highest BCUT2D eigenvalue weighted by Crippen LogP contribution is 2.37. The minimum absolute atomic E-state index is 0.0344. The van der Waals surface area contributed by atoms with Crippen LogP contribution in [0.25, 0.3) is 66.9 Å². The normalized spacial score (nSPS) is 18.6. The summed E-state index contributed by atoms with van der Waals surface area (Å²) in [5.41, 5.74) is 6.19. The standard InChI is InChI=1S/C28H34FN7O2Si.C22H20FN7O/c1-17(19-10-18(11-19)13-30)32-28(37)22-15-36(16-38-8-9-39(3,4)5)27-26(22)33-23(14-31-27)25-21-7-6-20(29)12-24(21)35(2)34-25;1-11(13-5-12(6-13)8-24)27-22(31)16-9-25-21-20(16)28-17(10-26-21)19-15-4-3-14(23)7-18(15)30(2)29-19/h6-7,12,14-15,17-19H,8-11,16H2,1-5H3,(H,32,37);3-4,7,9-13H,5-6H2,1-2H3,(H,25,26)(H,27,31). The molecule has 0 spiro atoms. The number of hydrogen-bond donors (Lipinski definition) is 3. The van der Waals surface area contributed by atoms with Gasteiger partial charge in [0, 0.05) is 75.9 Å². The molecule has 360 valence electrons. The van der Waals surface area contributed by atoms with Gasteiger partial charge in [0.1, 0.15) is 52.2 Å². The number of hydrogen-bond acceptors (Lipinski definition) is 11. The Labute approximate surface area is 403 Å². The Kier molecular flexibility index (Phi) is 13.0. The number of benzene rings is 2. The van der Waals surface area contributed by atoms with Crippen LogP contribution in [0.3, 0.4) is 0 Å². The van der Waals surface area contributed by atoms with Crippen LogP contribution in [0.2, 0.25) is 25.7 Å². The maximum absolute atomic E-state index is 13.9. The number of nitrogens with one attached hydrogen (secondary N) is 3. The second-order valence-electron chi connectivity index (χ2n) is 19.8. The summed E-state index contributed by atoms with van der Waals surface area (Å²) in [7, 11) is 2.25. The number of aryl methyl sites for hydroxylation is 2. The lowest BCUT2D eigenvalue weighted by molar-refractivity contribution is 0.0873. The van der Waals surface area contributed by atoms with E-state index in [2.05, 4.69) is 72.5 Å². The number of carbonyl (C=O) groups excluding carboxylic acids is 2. The molecule has 2 aliphatic carbocycles. The zero-order valence-corrected chi connectivity index (χ0v) is 41.1. The number of aromatic nitrogens is 10. The zero-order valence-electron chi connectivity index (χ0n) is 40.1. The Balaban J connectivity index is 0.000000178. The Bertz CT molecular complexity index is 3380. The lowest BCUT2D eigenvalue weighted by Gasteiger charge is -2.35. The van der Waals surface area contributed by atoms with Gasteiger partial charge in [0.25, 0.3) is 11.8 Å². The topological polar surface area (TPSA) is 223 Å². The van der Waals surface area contributed by atoms with E-state index < -0.39 is 8.07 Å². The van der Waals surface area contributed by atoms with Gasteiger partial charge in [-0.15, -0.1) is 0 Å². The lowest BCUT2D eigenvalue weighted by Crippen LogP contribution is -2.43. The van der Waals surface area contributed by atoms with E-state index in [0.29, 0.717) is 79.8 Å². The molecule has 2 aromatic carbocycles. The first kappa shape index (κ1) is 47.6. The fourth-order valence-electron chi connectivity index (χ4n) is 9.15. The average molecular weight is 965 g/mol. The first-order valence-electron chi connectivity index (χ1n) is 23.4. The molecule has 2 amide bonds. The van der Waals surface area contributed by atoms with Crippen LogP contribution >= 0.6 is 0 Å². The molecule has 6 aromatic heterocycles. The van der Waals surface area contributed by atoms with E-state index >= 15 is 0 Å². The van der Waals surface area contributed by atoms with Gasteiger partial charge in [-0.3, -0.25) is 19.0 Å². The second-order valence-corrected chi connectivity index (χ2v) is 25.5. The first-order chi connectivity index (χ1) is 33.5. The number of carbonyl (C=O) groups is 2. The number of ether oxygens (including phenoxy) is 1. The van der Waals surface area contributed by atoms with E-state index in [9.17, 15) is 18.4 Å². The van der Waals surface area contributed by atoms with Crippen molar-refractivity contribution in [2.24, 2.45) is 37.8 Å². The van der Waals surface area contributed by atoms with Gasteiger partial charge in [0.15, 0.2) is 11.3 Å². The highest BCUT2D eigenvalue weighted by atomic mass is 28.3. The molecule has 6 heterocycles. The monoisotopic (exact) mass is 964 g/mol. The van der Waals surface area contributed by atoms with Crippen molar-refractivity contribution in [3.63, 3.8) is 0 Å². The molecule has 2 fully saturated rings. The van der Waals surface area contributed by atoms with Crippen LogP contribution < -0.4 is 10.6 Å². The minimum atomic E-state index is -1.24. The van der Waals surface area contributed by atoms with Gasteiger partial charge < -0.3 is 24.9 Å². The van der Waals surface area contributed by atoms with Crippen LogP contribution in [-0.4, -0.2) is 87.6 Å². The highest BCUT2D eigenvalue weighted by molar-refractivity contribution is 6.76. The molecule has 2 aliphatic rings.